The number of nitrogen functional groups attached to an aromatic ring is 1. The first-order valence-electron chi connectivity index (χ1n) is 8.57. The van der Waals surface area contributed by atoms with Crippen molar-refractivity contribution < 1.29 is 4.74 Å². The van der Waals surface area contributed by atoms with Crippen LogP contribution in [-0.4, -0.2) is 73.1 Å². The molecule has 0 aromatic carbocycles. The normalized spacial score (nSPS) is 16.2. The van der Waals surface area contributed by atoms with Crippen molar-refractivity contribution in [2.75, 3.05) is 51.3 Å². The fraction of sp³-hybridized carbons (Fsp3) is 0.688. The number of aromatic nitrogens is 2. The van der Waals surface area contributed by atoms with Crippen molar-refractivity contribution in [1.29, 1.82) is 5.41 Å². The highest BCUT2D eigenvalue weighted by atomic mass is 16.5. The van der Waals surface area contributed by atoms with Crippen LogP contribution in [0.15, 0.2) is 6.07 Å². The number of anilines is 1. The molecule has 1 aliphatic rings. The molecule has 1 fully saturated rings. The largest absolute Gasteiger partial charge is 0.476 e. The zero-order valence-electron chi connectivity index (χ0n) is 14.9. The van der Waals surface area contributed by atoms with Crippen LogP contribution < -0.4 is 20.7 Å². The van der Waals surface area contributed by atoms with Crippen LogP contribution in [0.1, 0.15) is 26.1 Å². The Labute approximate surface area is 143 Å². The molecule has 2 rings (SSSR count). The van der Waals surface area contributed by atoms with Crippen LogP contribution >= 0.6 is 0 Å². The standard InChI is InChI=1S/C16H29N7O/c1-4-12(22(3)5-2)11-24-14-10-13(20-16(21-14)15(17)18)23-8-6-19-7-9-23/h10,12,19H,4-9,11H2,1-3H3,(H3,17,18)/t12-/m0/s1. The molecular weight excluding hydrogens is 306 g/mol. The number of ether oxygens (including phenoxy) is 1. The second kappa shape index (κ2) is 8.79. The molecule has 0 bridgehead atoms. The van der Waals surface area contributed by atoms with E-state index in [-0.39, 0.29) is 11.7 Å². The Morgan fingerprint density at radius 1 is 1.42 bits per heavy atom. The monoisotopic (exact) mass is 335 g/mol. The number of nitrogens with zero attached hydrogens (tertiary/aromatic N) is 4. The van der Waals surface area contributed by atoms with Crippen molar-refractivity contribution in [3.05, 3.63) is 11.9 Å². The van der Waals surface area contributed by atoms with E-state index in [1.54, 1.807) is 0 Å². The van der Waals surface area contributed by atoms with Gasteiger partial charge in [-0.3, -0.25) is 5.41 Å². The average Bonchev–Trinajstić information content (AvgIpc) is 2.62. The number of hydrogen-bond donors (Lipinski definition) is 3. The van der Waals surface area contributed by atoms with Crippen molar-refractivity contribution in [3.8, 4) is 5.88 Å². The van der Waals surface area contributed by atoms with Gasteiger partial charge in [0.15, 0.2) is 11.7 Å². The maximum Gasteiger partial charge on any atom is 0.219 e. The summed E-state index contributed by atoms with van der Waals surface area (Å²) in [4.78, 5) is 13.1. The molecule has 1 aromatic rings. The van der Waals surface area contributed by atoms with E-state index in [2.05, 4.69) is 46.0 Å². The van der Waals surface area contributed by atoms with E-state index >= 15 is 0 Å². The highest BCUT2D eigenvalue weighted by Gasteiger charge is 2.17. The zero-order valence-corrected chi connectivity index (χ0v) is 14.9. The third-order valence-corrected chi connectivity index (χ3v) is 4.39. The summed E-state index contributed by atoms with van der Waals surface area (Å²) in [7, 11) is 2.09. The summed E-state index contributed by atoms with van der Waals surface area (Å²) in [6.45, 7) is 9.35. The van der Waals surface area contributed by atoms with Gasteiger partial charge in [0.2, 0.25) is 5.88 Å². The topological polar surface area (TPSA) is 103 Å². The molecule has 4 N–H and O–H groups in total. The van der Waals surface area contributed by atoms with E-state index in [0.29, 0.717) is 18.5 Å². The lowest BCUT2D eigenvalue weighted by molar-refractivity contribution is 0.159. The van der Waals surface area contributed by atoms with Crippen molar-refractivity contribution in [1.82, 2.24) is 20.2 Å². The van der Waals surface area contributed by atoms with Gasteiger partial charge < -0.3 is 25.6 Å². The minimum Gasteiger partial charge on any atom is -0.476 e. The third-order valence-electron chi connectivity index (χ3n) is 4.39. The van der Waals surface area contributed by atoms with Gasteiger partial charge in [-0.2, -0.15) is 4.98 Å². The second-order valence-electron chi connectivity index (χ2n) is 5.99. The molecule has 0 saturated carbocycles. The first-order valence-corrected chi connectivity index (χ1v) is 8.57. The van der Waals surface area contributed by atoms with Crippen LogP contribution in [0, 0.1) is 5.41 Å². The Kier molecular flexibility index (Phi) is 6.74. The fourth-order valence-electron chi connectivity index (χ4n) is 2.66. The molecule has 1 aromatic heterocycles. The van der Waals surface area contributed by atoms with Crippen LogP contribution in [-0.2, 0) is 0 Å². The van der Waals surface area contributed by atoms with Crippen molar-refractivity contribution in [2.24, 2.45) is 5.73 Å². The maximum absolute atomic E-state index is 7.65. The number of amidine groups is 1. The van der Waals surface area contributed by atoms with E-state index in [4.69, 9.17) is 15.9 Å². The quantitative estimate of drug-likeness (QED) is 0.463. The van der Waals surface area contributed by atoms with Gasteiger partial charge in [0.1, 0.15) is 12.4 Å². The molecule has 0 radical (unpaired) electrons. The van der Waals surface area contributed by atoms with Crippen molar-refractivity contribution >= 4 is 11.7 Å². The van der Waals surface area contributed by atoms with E-state index in [1.807, 2.05) is 6.07 Å². The van der Waals surface area contributed by atoms with E-state index in [1.165, 1.54) is 0 Å². The summed E-state index contributed by atoms with van der Waals surface area (Å²) in [6, 6.07) is 2.17. The zero-order chi connectivity index (χ0) is 17.5. The maximum atomic E-state index is 7.65. The smallest absolute Gasteiger partial charge is 0.219 e. The summed E-state index contributed by atoms with van der Waals surface area (Å²) in [5, 5.41) is 11.0. The molecule has 0 spiro atoms. The van der Waals surface area contributed by atoms with Gasteiger partial charge in [-0.15, -0.1) is 0 Å². The number of hydrogen-bond acceptors (Lipinski definition) is 7. The van der Waals surface area contributed by atoms with E-state index in [9.17, 15) is 0 Å². The average molecular weight is 335 g/mol. The van der Waals surface area contributed by atoms with E-state index in [0.717, 1.165) is 45.0 Å². The number of nitrogens with one attached hydrogen (secondary N) is 2. The molecule has 2 heterocycles. The second-order valence-corrected chi connectivity index (χ2v) is 5.99. The minimum absolute atomic E-state index is 0.144. The molecule has 1 aliphatic heterocycles. The van der Waals surface area contributed by atoms with Gasteiger partial charge in [0.05, 0.1) is 0 Å². The van der Waals surface area contributed by atoms with Gasteiger partial charge in [0.25, 0.3) is 0 Å². The number of rotatable bonds is 8. The Hall–Kier alpha value is -1.93. The molecule has 8 heteroatoms. The molecule has 24 heavy (non-hydrogen) atoms. The van der Waals surface area contributed by atoms with Crippen LogP contribution in [0.25, 0.3) is 0 Å². The lowest BCUT2D eigenvalue weighted by Gasteiger charge is -2.29. The van der Waals surface area contributed by atoms with Crippen LogP contribution in [0.4, 0.5) is 5.82 Å². The molecule has 1 saturated heterocycles. The molecule has 0 amide bonds. The number of nitrogens with two attached hydrogens (primary N) is 1. The summed E-state index contributed by atoms with van der Waals surface area (Å²) in [6.07, 6.45) is 1.000. The van der Waals surface area contributed by atoms with Gasteiger partial charge in [-0.1, -0.05) is 13.8 Å². The molecular formula is C16H29N7O. The van der Waals surface area contributed by atoms with Crippen LogP contribution in [0.2, 0.25) is 0 Å². The van der Waals surface area contributed by atoms with Gasteiger partial charge >= 0.3 is 0 Å². The fourth-order valence-corrected chi connectivity index (χ4v) is 2.66. The summed E-state index contributed by atoms with van der Waals surface area (Å²) < 4.78 is 5.92. The highest BCUT2D eigenvalue weighted by Crippen LogP contribution is 2.19. The van der Waals surface area contributed by atoms with Crippen LogP contribution in [0.5, 0.6) is 5.88 Å². The lowest BCUT2D eigenvalue weighted by Crippen LogP contribution is -2.44. The van der Waals surface area contributed by atoms with E-state index < -0.39 is 0 Å². The molecule has 134 valence electrons. The first kappa shape index (κ1) is 18.4. The summed E-state index contributed by atoms with van der Waals surface area (Å²) in [5.74, 6) is 1.32. The highest BCUT2D eigenvalue weighted by molar-refractivity contribution is 5.91. The number of piperazine rings is 1. The molecule has 1 atom stereocenters. The third kappa shape index (κ3) is 4.78. The predicted molar refractivity (Wildman–Crippen MR) is 96.0 cm³/mol. The Morgan fingerprint density at radius 2 is 2.12 bits per heavy atom. The van der Waals surface area contributed by atoms with Gasteiger partial charge in [0, 0.05) is 38.3 Å². The Morgan fingerprint density at radius 3 is 2.71 bits per heavy atom. The summed E-state index contributed by atoms with van der Waals surface area (Å²) >= 11 is 0. The minimum atomic E-state index is -0.144. The Bertz CT molecular complexity index is 545. The van der Waals surface area contributed by atoms with Crippen molar-refractivity contribution in [3.63, 3.8) is 0 Å². The predicted octanol–water partition coefficient (Wildman–Crippen LogP) is 0.279. The molecule has 0 aliphatic carbocycles. The SMILES string of the molecule is CC[C@@H](COc1cc(N2CCNCC2)nc(C(=N)N)n1)N(C)CC. The molecule has 0 unspecified atom stereocenters. The van der Waals surface area contributed by atoms with Crippen molar-refractivity contribution in [2.45, 2.75) is 26.3 Å². The Balaban J connectivity index is 2.15. The van der Waals surface area contributed by atoms with Gasteiger partial charge in [-0.25, -0.2) is 4.98 Å². The molecule has 8 nitrogen and oxygen atoms in total. The van der Waals surface area contributed by atoms with Crippen LogP contribution in [0.3, 0.4) is 0 Å². The first-order chi connectivity index (χ1) is 11.5. The van der Waals surface area contributed by atoms with Gasteiger partial charge in [-0.05, 0) is 20.0 Å². The lowest BCUT2D eigenvalue weighted by atomic mass is 10.2. The number of likely N-dealkylation sites (N-methyl/N-ethyl adjacent to an activating group) is 1. The summed E-state index contributed by atoms with van der Waals surface area (Å²) in [5.41, 5.74) is 5.60.